The fourth-order valence-corrected chi connectivity index (χ4v) is 3.18. The average Bonchev–Trinajstić information content (AvgIpc) is 3.33. The lowest BCUT2D eigenvalue weighted by Gasteiger charge is -2.11. The molecule has 0 aliphatic carbocycles. The number of carbonyl (C=O) groups excluding carboxylic acids is 3. The third-order valence-corrected chi connectivity index (χ3v) is 5.23. The van der Waals surface area contributed by atoms with E-state index in [4.69, 9.17) is 9.47 Å². The summed E-state index contributed by atoms with van der Waals surface area (Å²) in [5, 5.41) is 9.15. The van der Waals surface area contributed by atoms with Crippen molar-refractivity contribution in [2.75, 3.05) is 25.1 Å². The van der Waals surface area contributed by atoms with E-state index in [1.165, 1.54) is 6.21 Å². The molecule has 33 heavy (non-hydrogen) atoms. The molecule has 2 aromatic carbocycles. The van der Waals surface area contributed by atoms with Gasteiger partial charge in [0.1, 0.15) is 5.75 Å². The summed E-state index contributed by atoms with van der Waals surface area (Å²) in [7, 11) is 0. The van der Waals surface area contributed by atoms with Gasteiger partial charge >= 0.3 is 11.8 Å². The van der Waals surface area contributed by atoms with Gasteiger partial charge in [0.2, 0.25) is 0 Å². The van der Waals surface area contributed by atoms with Crippen LogP contribution in [-0.4, -0.2) is 49.8 Å². The summed E-state index contributed by atoms with van der Waals surface area (Å²) in [6, 6.07) is 12.5. The van der Waals surface area contributed by atoms with E-state index in [0.717, 1.165) is 29.7 Å². The van der Waals surface area contributed by atoms with E-state index in [-0.39, 0.29) is 18.6 Å². The minimum Gasteiger partial charge on any atom is -0.484 e. The van der Waals surface area contributed by atoms with Gasteiger partial charge in [0, 0.05) is 18.8 Å². The predicted molar refractivity (Wildman–Crippen MR) is 124 cm³/mol. The Bertz CT molecular complexity index is 1010. The van der Waals surface area contributed by atoms with Crippen molar-refractivity contribution in [2.45, 2.75) is 32.8 Å². The van der Waals surface area contributed by atoms with Crippen LogP contribution in [0.1, 0.15) is 29.5 Å². The first-order chi connectivity index (χ1) is 15.9. The molecule has 1 aliphatic rings. The maximum Gasteiger partial charge on any atom is 0.329 e. The molecule has 9 nitrogen and oxygen atoms in total. The van der Waals surface area contributed by atoms with Crippen LogP contribution in [0.15, 0.2) is 47.6 Å². The molecule has 9 heteroatoms. The van der Waals surface area contributed by atoms with Gasteiger partial charge < -0.3 is 20.1 Å². The Hall–Kier alpha value is -3.72. The highest BCUT2D eigenvalue weighted by molar-refractivity contribution is 6.35. The van der Waals surface area contributed by atoms with Crippen molar-refractivity contribution in [3.63, 3.8) is 0 Å². The van der Waals surface area contributed by atoms with Crippen LogP contribution < -0.4 is 20.8 Å². The predicted octanol–water partition coefficient (Wildman–Crippen LogP) is 2.07. The topological polar surface area (TPSA) is 118 Å². The molecule has 0 radical (unpaired) electrons. The molecule has 0 unspecified atom stereocenters. The molecule has 3 rings (SSSR count). The van der Waals surface area contributed by atoms with Crippen LogP contribution in [0.2, 0.25) is 0 Å². The Balaban J connectivity index is 1.39. The number of hydrazone groups is 1. The number of carbonyl (C=O) groups is 3. The molecule has 3 N–H and O–H groups in total. The molecule has 2 aromatic rings. The van der Waals surface area contributed by atoms with Gasteiger partial charge in [0.25, 0.3) is 5.91 Å². The van der Waals surface area contributed by atoms with Gasteiger partial charge in [-0.15, -0.1) is 0 Å². The molecular weight excluding hydrogens is 424 g/mol. The van der Waals surface area contributed by atoms with Gasteiger partial charge in [-0.3, -0.25) is 14.4 Å². The van der Waals surface area contributed by atoms with Crippen LogP contribution in [0.4, 0.5) is 5.69 Å². The molecule has 3 amide bonds. The van der Waals surface area contributed by atoms with Crippen molar-refractivity contribution in [1.82, 2.24) is 10.7 Å². The number of aryl methyl sites for hydroxylation is 1. The number of amides is 3. The smallest absolute Gasteiger partial charge is 0.329 e. The monoisotopic (exact) mass is 452 g/mol. The zero-order chi connectivity index (χ0) is 23.6. The molecule has 1 fully saturated rings. The Morgan fingerprint density at radius 1 is 1.12 bits per heavy atom. The van der Waals surface area contributed by atoms with Gasteiger partial charge in [-0.05, 0) is 73.7 Å². The second-order valence-corrected chi connectivity index (χ2v) is 7.70. The number of hydrogen-bond acceptors (Lipinski definition) is 6. The Labute approximate surface area is 192 Å². The molecule has 1 saturated heterocycles. The minimum atomic E-state index is -0.848. The number of nitrogens with one attached hydrogen (secondary N) is 3. The van der Waals surface area contributed by atoms with E-state index in [2.05, 4.69) is 21.2 Å². The zero-order valence-electron chi connectivity index (χ0n) is 18.7. The number of nitrogens with zero attached hydrogens (tertiary/aromatic N) is 1. The normalized spacial score (nSPS) is 15.3. The van der Waals surface area contributed by atoms with E-state index in [0.29, 0.717) is 24.5 Å². The summed E-state index contributed by atoms with van der Waals surface area (Å²) >= 11 is 0. The number of anilines is 1. The summed E-state index contributed by atoms with van der Waals surface area (Å²) in [4.78, 5) is 35.7. The number of rotatable bonds is 8. The number of benzene rings is 2. The Kier molecular flexibility index (Phi) is 8.54. The first kappa shape index (κ1) is 23.9. The highest BCUT2D eigenvalue weighted by Crippen LogP contribution is 2.18. The van der Waals surface area contributed by atoms with Crippen LogP contribution in [0, 0.1) is 13.8 Å². The maximum atomic E-state index is 12.2. The van der Waals surface area contributed by atoms with Gasteiger partial charge in [-0.25, -0.2) is 5.43 Å². The molecule has 0 spiro atoms. The standard InChI is InChI=1S/C24H28N4O5/c1-16-5-3-7-21(17(16)2)27-22(29)15-33-19-10-8-18(9-11-19)13-26-28-24(31)23(30)25-14-20-6-4-12-32-20/h3,5,7-11,13,20H,4,6,12,14-15H2,1-2H3,(H,25,30)(H,27,29)(H,28,31)/b26-13-/t20-/m1/s1. The molecule has 174 valence electrons. The summed E-state index contributed by atoms with van der Waals surface area (Å²) in [5.41, 5.74) is 5.74. The van der Waals surface area contributed by atoms with E-state index in [1.54, 1.807) is 24.3 Å². The molecule has 1 atom stereocenters. The lowest BCUT2D eigenvalue weighted by molar-refractivity contribution is -0.139. The third kappa shape index (κ3) is 7.43. The van der Waals surface area contributed by atoms with Crippen molar-refractivity contribution in [1.29, 1.82) is 0 Å². The molecule has 1 aliphatic heterocycles. The second-order valence-electron chi connectivity index (χ2n) is 7.70. The van der Waals surface area contributed by atoms with E-state index < -0.39 is 11.8 Å². The summed E-state index contributed by atoms with van der Waals surface area (Å²) in [6.45, 7) is 4.80. The quantitative estimate of drug-likeness (QED) is 0.322. The van der Waals surface area contributed by atoms with Crippen molar-refractivity contribution < 1.29 is 23.9 Å². The molecule has 0 saturated carbocycles. The Morgan fingerprint density at radius 3 is 2.64 bits per heavy atom. The van der Waals surface area contributed by atoms with Gasteiger partial charge in [0.05, 0.1) is 12.3 Å². The lowest BCUT2D eigenvalue weighted by atomic mass is 10.1. The summed E-state index contributed by atoms with van der Waals surface area (Å²) in [5.74, 6) is -1.35. The van der Waals surface area contributed by atoms with Crippen LogP contribution in [0.25, 0.3) is 0 Å². The largest absolute Gasteiger partial charge is 0.484 e. The molecule has 1 heterocycles. The molecular formula is C24H28N4O5. The number of hydrogen-bond donors (Lipinski definition) is 3. The van der Waals surface area contributed by atoms with E-state index >= 15 is 0 Å². The van der Waals surface area contributed by atoms with Gasteiger partial charge in [-0.1, -0.05) is 12.1 Å². The SMILES string of the molecule is Cc1cccc(NC(=O)COc2ccc(/C=N\NC(=O)C(=O)NC[C@H]3CCCO3)cc2)c1C. The fraction of sp³-hybridized carbons (Fsp3) is 0.333. The first-order valence-corrected chi connectivity index (χ1v) is 10.7. The molecule has 0 bridgehead atoms. The zero-order valence-corrected chi connectivity index (χ0v) is 18.7. The second kappa shape index (κ2) is 11.8. The van der Waals surface area contributed by atoms with Crippen molar-refractivity contribution in [3.05, 3.63) is 59.2 Å². The van der Waals surface area contributed by atoms with Crippen LogP contribution in [0.3, 0.4) is 0 Å². The lowest BCUT2D eigenvalue weighted by Crippen LogP contribution is -2.41. The minimum absolute atomic E-state index is 0.0382. The first-order valence-electron chi connectivity index (χ1n) is 10.7. The van der Waals surface area contributed by atoms with Crippen LogP contribution in [-0.2, 0) is 19.1 Å². The van der Waals surface area contributed by atoms with E-state index in [1.807, 2.05) is 32.0 Å². The van der Waals surface area contributed by atoms with Crippen molar-refractivity contribution in [2.24, 2.45) is 5.10 Å². The number of ether oxygens (including phenoxy) is 2. The van der Waals surface area contributed by atoms with E-state index in [9.17, 15) is 14.4 Å². The summed E-state index contributed by atoms with van der Waals surface area (Å²) < 4.78 is 10.9. The summed E-state index contributed by atoms with van der Waals surface area (Å²) in [6.07, 6.45) is 3.20. The fourth-order valence-electron chi connectivity index (χ4n) is 3.18. The molecule has 0 aromatic heterocycles. The van der Waals surface area contributed by atoms with Crippen molar-refractivity contribution >= 4 is 29.6 Å². The van der Waals surface area contributed by atoms with Crippen LogP contribution in [0.5, 0.6) is 5.75 Å². The van der Waals surface area contributed by atoms with Crippen molar-refractivity contribution in [3.8, 4) is 5.75 Å². The highest BCUT2D eigenvalue weighted by atomic mass is 16.5. The third-order valence-electron chi connectivity index (χ3n) is 5.23. The van der Waals surface area contributed by atoms with Crippen LogP contribution >= 0.6 is 0 Å². The Morgan fingerprint density at radius 2 is 1.91 bits per heavy atom. The van der Waals surface area contributed by atoms with Gasteiger partial charge in [-0.2, -0.15) is 5.10 Å². The van der Waals surface area contributed by atoms with Gasteiger partial charge in [0.15, 0.2) is 6.61 Å². The highest BCUT2D eigenvalue weighted by Gasteiger charge is 2.18. The maximum absolute atomic E-state index is 12.2. The average molecular weight is 453 g/mol.